The number of para-hydroxylation sites is 1. The van der Waals surface area contributed by atoms with Gasteiger partial charge in [0.2, 0.25) is 0 Å². The maximum absolute atomic E-state index is 13.8. The van der Waals surface area contributed by atoms with Crippen molar-refractivity contribution in [2.24, 2.45) is 0 Å². The first-order valence-electron chi connectivity index (χ1n) is 6.40. The van der Waals surface area contributed by atoms with Crippen LogP contribution in [0.1, 0.15) is 11.1 Å². The molecule has 0 aliphatic carbocycles. The van der Waals surface area contributed by atoms with Crippen molar-refractivity contribution in [3.05, 3.63) is 65.7 Å². The topological polar surface area (TPSA) is 61.6 Å². The SMILES string of the molecule is N#Cc1ccc(CNc2ncnc3ccccc23)c(F)c1. The lowest BCUT2D eigenvalue weighted by atomic mass is 10.1. The summed E-state index contributed by atoms with van der Waals surface area (Å²) in [7, 11) is 0. The van der Waals surface area contributed by atoms with E-state index in [2.05, 4.69) is 15.3 Å². The summed E-state index contributed by atoms with van der Waals surface area (Å²) >= 11 is 0. The van der Waals surface area contributed by atoms with E-state index in [0.717, 1.165) is 10.9 Å². The minimum Gasteiger partial charge on any atom is -0.365 e. The number of nitrogens with one attached hydrogen (secondary N) is 1. The van der Waals surface area contributed by atoms with Crippen LogP contribution in [0.3, 0.4) is 0 Å². The summed E-state index contributed by atoms with van der Waals surface area (Å²) in [5.41, 5.74) is 1.62. The van der Waals surface area contributed by atoms with E-state index >= 15 is 0 Å². The standard InChI is InChI=1S/C16H11FN4/c17-14-7-11(8-18)5-6-12(14)9-19-16-13-3-1-2-4-15(13)20-10-21-16/h1-7,10H,9H2,(H,19,20,21). The average Bonchev–Trinajstić information content (AvgIpc) is 2.53. The molecule has 0 fully saturated rings. The Bertz CT molecular complexity index is 834. The molecule has 0 aliphatic heterocycles. The molecular formula is C16H11FN4. The van der Waals surface area contributed by atoms with Crippen molar-refractivity contribution < 1.29 is 4.39 Å². The fourth-order valence-electron chi connectivity index (χ4n) is 2.08. The third-order valence-corrected chi connectivity index (χ3v) is 3.17. The Morgan fingerprint density at radius 1 is 1.14 bits per heavy atom. The number of hydrogen-bond donors (Lipinski definition) is 1. The molecule has 4 nitrogen and oxygen atoms in total. The van der Waals surface area contributed by atoms with Gasteiger partial charge < -0.3 is 5.32 Å². The van der Waals surface area contributed by atoms with Crippen LogP contribution in [-0.4, -0.2) is 9.97 Å². The van der Waals surface area contributed by atoms with E-state index in [-0.39, 0.29) is 0 Å². The van der Waals surface area contributed by atoms with Gasteiger partial charge in [-0.2, -0.15) is 5.26 Å². The van der Waals surface area contributed by atoms with Gasteiger partial charge in [0, 0.05) is 17.5 Å². The molecule has 0 amide bonds. The number of benzene rings is 2. The summed E-state index contributed by atoms with van der Waals surface area (Å²) in [5.74, 6) is 0.254. The van der Waals surface area contributed by atoms with E-state index in [0.29, 0.717) is 23.5 Å². The molecular weight excluding hydrogens is 267 g/mol. The quantitative estimate of drug-likeness (QED) is 0.798. The zero-order valence-corrected chi connectivity index (χ0v) is 11.0. The van der Waals surface area contributed by atoms with Gasteiger partial charge in [0.15, 0.2) is 0 Å². The molecule has 0 radical (unpaired) electrons. The predicted octanol–water partition coefficient (Wildman–Crippen LogP) is 3.25. The van der Waals surface area contributed by atoms with Crippen LogP contribution in [0.15, 0.2) is 48.8 Å². The first-order valence-corrected chi connectivity index (χ1v) is 6.40. The Labute approximate surface area is 120 Å². The normalized spacial score (nSPS) is 10.3. The number of aromatic nitrogens is 2. The van der Waals surface area contributed by atoms with Crippen LogP contribution in [0.4, 0.5) is 10.2 Å². The average molecular weight is 278 g/mol. The summed E-state index contributed by atoms with van der Waals surface area (Å²) in [5, 5.41) is 12.7. The Balaban J connectivity index is 1.86. The number of fused-ring (bicyclic) bond motifs is 1. The van der Waals surface area contributed by atoms with Crippen molar-refractivity contribution in [3.8, 4) is 6.07 Å². The van der Waals surface area contributed by atoms with Crippen LogP contribution in [-0.2, 0) is 6.54 Å². The molecule has 0 saturated heterocycles. The second kappa shape index (κ2) is 5.55. The van der Waals surface area contributed by atoms with Crippen molar-refractivity contribution in [2.45, 2.75) is 6.54 Å². The van der Waals surface area contributed by atoms with Crippen LogP contribution in [0.2, 0.25) is 0 Å². The van der Waals surface area contributed by atoms with Gasteiger partial charge in [-0.25, -0.2) is 14.4 Å². The molecule has 5 heteroatoms. The number of nitrogens with zero attached hydrogens (tertiary/aromatic N) is 3. The lowest BCUT2D eigenvalue weighted by molar-refractivity contribution is 0.612. The van der Waals surface area contributed by atoms with Crippen LogP contribution >= 0.6 is 0 Å². The Kier molecular flexibility index (Phi) is 3.44. The number of halogens is 1. The molecule has 1 N–H and O–H groups in total. The molecule has 0 atom stereocenters. The zero-order chi connectivity index (χ0) is 14.7. The van der Waals surface area contributed by atoms with Crippen LogP contribution in [0.5, 0.6) is 0 Å². The summed E-state index contributed by atoms with van der Waals surface area (Å²) < 4.78 is 13.8. The first-order chi connectivity index (χ1) is 10.3. The van der Waals surface area contributed by atoms with Crippen LogP contribution < -0.4 is 5.32 Å². The monoisotopic (exact) mass is 278 g/mol. The van der Waals surface area contributed by atoms with Gasteiger partial charge in [-0.05, 0) is 24.3 Å². The molecule has 0 unspecified atom stereocenters. The second-order valence-electron chi connectivity index (χ2n) is 4.51. The van der Waals surface area contributed by atoms with Gasteiger partial charge in [-0.15, -0.1) is 0 Å². The molecule has 3 aromatic rings. The highest BCUT2D eigenvalue weighted by Gasteiger charge is 2.06. The largest absolute Gasteiger partial charge is 0.365 e. The molecule has 21 heavy (non-hydrogen) atoms. The zero-order valence-electron chi connectivity index (χ0n) is 11.0. The lowest BCUT2D eigenvalue weighted by Crippen LogP contribution is -2.04. The van der Waals surface area contributed by atoms with Gasteiger partial charge in [0.05, 0.1) is 17.1 Å². The Morgan fingerprint density at radius 3 is 2.81 bits per heavy atom. The van der Waals surface area contributed by atoms with Gasteiger partial charge in [-0.3, -0.25) is 0 Å². The molecule has 0 saturated carbocycles. The molecule has 2 aromatic carbocycles. The molecule has 1 heterocycles. The highest BCUT2D eigenvalue weighted by Crippen LogP contribution is 2.19. The Hall–Kier alpha value is -3.00. The third-order valence-electron chi connectivity index (χ3n) is 3.17. The molecule has 102 valence electrons. The van der Waals surface area contributed by atoms with E-state index in [9.17, 15) is 4.39 Å². The van der Waals surface area contributed by atoms with Crippen molar-refractivity contribution >= 4 is 16.7 Å². The maximum atomic E-state index is 13.8. The number of anilines is 1. The highest BCUT2D eigenvalue weighted by atomic mass is 19.1. The molecule has 0 spiro atoms. The van der Waals surface area contributed by atoms with E-state index in [1.165, 1.54) is 12.4 Å². The summed E-state index contributed by atoms with van der Waals surface area (Å²) in [6, 6.07) is 13.9. The minimum atomic E-state index is -0.403. The van der Waals surface area contributed by atoms with Crippen molar-refractivity contribution in [1.82, 2.24) is 9.97 Å². The minimum absolute atomic E-state index is 0.290. The molecule has 1 aromatic heterocycles. The molecule has 3 rings (SSSR count). The first kappa shape index (κ1) is 13.0. The van der Waals surface area contributed by atoms with E-state index in [4.69, 9.17) is 5.26 Å². The predicted molar refractivity (Wildman–Crippen MR) is 78.0 cm³/mol. The second-order valence-corrected chi connectivity index (χ2v) is 4.51. The van der Waals surface area contributed by atoms with E-state index in [1.807, 2.05) is 30.3 Å². The van der Waals surface area contributed by atoms with Crippen molar-refractivity contribution in [3.63, 3.8) is 0 Å². The Morgan fingerprint density at radius 2 is 2.00 bits per heavy atom. The molecule has 0 aliphatic rings. The molecule has 0 bridgehead atoms. The van der Waals surface area contributed by atoms with Crippen LogP contribution in [0, 0.1) is 17.1 Å². The summed E-state index contributed by atoms with van der Waals surface area (Å²) in [4.78, 5) is 8.36. The van der Waals surface area contributed by atoms with Gasteiger partial charge in [0.25, 0.3) is 0 Å². The van der Waals surface area contributed by atoms with E-state index < -0.39 is 5.82 Å². The number of hydrogen-bond acceptors (Lipinski definition) is 4. The fraction of sp³-hybridized carbons (Fsp3) is 0.0625. The van der Waals surface area contributed by atoms with Gasteiger partial charge in [-0.1, -0.05) is 18.2 Å². The van der Waals surface area contributed by atoms with Crippen LogP contribution in [0.25, 0.3) is 10.9 Å². The number of rotatable bonds is 3. The van der Waals surface area contributed by atoms with Crippen molar-refractivity contribution in [2.75, 3.05) is 5.32 Å². The maximum Gasteiger partial charge on any atom is 0.137 e. The third kappa shape index (κ3) is 2.65. The van der Waals surface area contributed by atoms with Crippen molar-refractivity contribution in [1.29, 1.82) is 5.26 Å². The lowest BCUT2D eigenvalue weighted by Gasteiger charge is -2.09. The van der Waals surface area contributed by atoms with E-state index in [1.54, 1.807) is 12.1 Å². The number of nitriles is 1. The highest BCUT2D eigenvalue weighted by molar-refractivity contribution is 5.88. The fourth-order valence-corrected chi connectivity index (χ4v) is 2.08. The summed E-state index contributed by atoms with van der Waals surface area (Å²) in [6.45, 7) is 0.290. The smallest absolute Gasteiger partial charge is 0.137 e. The van der Waals surface area contributed by atoms with Gasteiger partial charge >= 0.3 is 0 Å². The summed E-state index contributed by atoms with van der Waals surface area (Å²) in [6.07, 6.45) is 1.47. The van der Waals surface area contributed by atoms with Gasteiger partial charge in [0.1, 0.15) is 18.0 Å².